The summed E-state index contributed by atoms with van der Waals surface area (Å²) in [5, 5.41) is 10.9. The van der Waals surface area contributed by atoms with E-state index >= 15 is 0 Å². The molecule has 0 saturated carbocycles. The van der Waals surface area contributed by atoms with Gasteiger partial charge in [-0.2, -0.15) is 0 Å². The summed E-state index contributed by atoms with van der Waals surface area (Å²) in [5.41, 5.74) is 0. The van der Waals surface area contributed by atoms with Gasteiger partial charge in [0.1, 0.15) is 0 Å². The van der Waals surface area contributed by atoms with Gasteiger partial charge in [0.05, 0.1) is 6.42 Å². The van der Waals surface area contributed by atoms with Crippen molar-refractivity contribution in [1.82, 2.24) is 10.2 Å². The zero-order valence-corrected chi connectivity index (χ0v) is 7.65. The van der Waals surface area contributed by atoms with Gasteiger partial charge in [0.25, 0.3) is 0 Å². The Kier molecular flexibility index (Phi) is 3.44. The van der Waals surface area contributed by atoms with Crippen molar-refractivity contribution in [1.29, 1.82) is 0 Å². The van der Waals surface area contributed by atoms with E-state index < -0.39 is 17.8 Å². The average Bonchev–Trinajstić information content (AvgIpc) is 2.28. The number of hydrogen-bond donors (Lipinski definition) is 2. The fourth-order valence-electron chi connectivity index (χ4n) is 1.24. The van der Waals surface area contributed by atoms with Gasteiger partial charge in [-0.15, -0.1) is 0 Å². The molecule has 0 radical (unpaired) electrons. The monoisotopic (exact) mass is 200 g/mol. The first-order valence-electron chi connectivity index (χ1n) is 4.40. The molecule has 1 fully saturated rings. The molecule has 0 spiro atoms. The van der Waals surface area contributed by atoms with Gasteiger partial charge in [-0.3, -0.25) is 14.4 Å². The standard InChI is InChI=1S/C8H12N2O4/c11-6(12)2-5-10-4-1-3-9-7(13)8(10)14/h1-5H2,(H,9,13)(H,11,12). The van der Waals surface area contributed by atoms with Gasteiger partial charge in [0, 0.05) is 19.6 Å². The van der Waals surface area contributed by atoms with Crippen molar-refractivity contribution in [2.24, 2.45) is 0 Å². The maximum atomic E-state index is 11.3. The Balaban J connectivity index is 2.52. The van der Waals surface area contributed by atoms with Crippen LogP contribution in [0, 0.1) is 0 Å². The number of carboxylic acids is 1. The molecule has 2 amide bonds. The lowest BCUT2D eigenvalue weighted by molar-refractivity contribution is -0.146. The molecule has 0 bridgehead atoms. The third-order valence-corrected chi connectivity index (χ3v) is 1.97. The van der Waals surface area contributed by atoms with Crippen LogP contribution in [0.3, 0.4) is 0 Å². The second-order valence-corrected chi connectivity index (χ2v) is 3.05. The number of carbonyl (C=O) groups is 3. The van der Waals surface area contributed by atoms with E-state index in [0.29, 0.717) is 19.5 Å². The number of nitrogens with zero attached hydrogens (tertiary/aromatic N) is 1. The second-order valence-electron chi connectivity index (χ2n) is 3.05. The maximum Gasteiger partial charge on any atom is 0.311 e. The molecule has 1 heterocycles. The van der Waals surface area contributed by atoms with Crippen molar-refractivity contribution in [3.05, 3.63) is 0 Å². The molecule has 1 rings (SSSR count). The van der Waals surface area contributed by atoms with Crippen molar-refractivity contribution in [2.75, 3.05) is 19.6 Å². The lowest BCUT2D eigenvalue weighted by Crippen LogP contribution is -2.40. The first-order valence-corrected chi connectivity index (χ1v) is 4.40. The molecule has 1 saturated heterocycles. The number of hydrogen-bond acceptors (Lipinski definition) is 3. The number of rotatable bonds is 3. The van der Waals surface area contributed by atoms with Gasteiger partial charge in [0.15, 0.2) is 0 Å². The van der Waals surface area contributed by atoms with Crippen molar-refractivity contribution < 1.29 is 19.5 Å². The van der Waals surface area contributed by atoms with Crippen LogP contribution in [0.25, 0.3) is 0 Å². The molecule has 0 aromatic heterocycles. The third kappa shape index (κ3) is 2.72. The van der Waals surface area contributed by atoms with E-state index in [2.05, 4.69) is 5.32 Å². The molecule has 6 nitrogen and oxygen atoms in total. The van der Waals surface area contributed by atoms with Crippen LogP contribution in [0.2, 0.25) is 0 Å². The molecular weight excluding hydrogens is 188 g/mol. The minimum atomic E-state index is -0.970. The largest absolute Gasteiger partial charge is 0.481 e. The summed E-state index contributed by atoms with van der Waals surface area (Å²) >= 11 is 0. The summed E-state index contributed by atoms with van der Waals surface area (Å²) in [6.45, 7) is 1.00. The number of carbonyl (C=O) groups excluding carboxylic acids is 2. The average molecular weight is 200 g/mol. The van der Waals surface area contributed by atoms with E-state index in [1.165, 1.54) is 4.90 Å². The summed E-state index contributed by atoms with van der Waals surface area (Å²) < 4.78 is 0. The van der Waals surface area contributed by atoms with Gasteiger partial charge in [-0.1, -0.05) is 0 Å². The van der Waals surface area contributed by atoms with Crippen LogP contribution < -0.4 is 5.32 Å². The Hall–Kier alpha value is -1.59. The van der Waals surface area contributed by atoms with Gasteiger partial charge in [0.2, 0.25) is 0 Å². The van der Waals surface area contributed by atoms with Crippen LogP contribution in [-0.4, -0.2) is 47.4 Å². The highest BCUT2D eigenvalue weighted by Crippen LogP contribution is 1.99. The molecule has 2 N–H and O–H groups in total. The highest BCUT2D eigenvalue weighted by atomic mass is 16.4. The minimum Gasteiger partial charge on any atom is -0.481 e. The molecule has 14 heavy (non-hydrogen) atoms. The van der Waals surface area contributed by atoms with E-state index in [-0.39, 0.29) is 13.0 Å². The fraction of sp³-hybridized carbons (Fsp3) is 0.625. The first-order chi connectivity index (χ1) is 6.61. The number of amides is 2. The fourth-order valence-corrected chi connectivity index (χ4v) is 1.24. The van der Waals surface area contributed by atoms with Crippen LogP contribution in [-0.2, 0) is 14.4 Å². The van der Waals surface area contributed by atoms with Crippen molar-refractivity contribution in [3.63, 3.8) is 0 Å². The zero-order valence-electron chi connectivity index (χ0n) is 7.65. The third-order valence-electron chi connectivity index (χ3n) is 1.97. The normalized spacial score (nSPS) is 17.6. The second kappa shape index (κ2) is 4.59. The Bertz CT molecular complexity index is 264. The quantitative estimate of drug-likeness (QED) is 0.561. The van der Waals surface area contributed by atoms with E-state index in [4.69, 9.17) is 5.11 Å². The maximum absolute atomic E-state index is 11.3. The molecular formula is C8H12N2O4. The van der Waals surface area contributed by atoms with Crippen LogP contribution in [0.15, 0.2) is 0 Å². The molecule has 1 aliphatic rings. The molecule has 0 aromatic rings. The van der Waals surface area contributed by atoms with Crippen LogP contribution in [0.5, 0.6) is 0 Å². The van der Waals surface area contributed by atoms with Gasteiger partial charge in [-0.05, 0) is 6.42 Å². The molecule has 0 unspecified atom stereocenters. The summed E-state index contributed by atoms with van der Waals surface area (Å²) in [6, 6.07) is 0. The first kappa shape index (κ1) is 10.5. The number of aliphatic carboxylic acids is 1. The smallest absolute Gasteiger partial charge is 0.311 e. The zero-order chi connectivity index (χ0) is 10.6. The Labute approximate surface area is 80.9 Å². The van der Waals surface area contributed by atoms with Gasteiger partial charge >= 0.3 is 17.8 Å². The molecule has 78 valence electrons. The van der Waals surface area contributed by atoms with Crippen molar-refractivity contribution in [3.8, 4) is 0 Å². The highest BCUT2D eigenvalue weighted by molar-refractivity contribution is 6.35. The van der Waals surface area contributed by atoms with E-state index in [1.54, 1.807) is 0 Å². The summed E-state index contributed by atoms with van der Waals surface area (Å²) in [5.74, 6) is -2.25. The molecule has 0 aliphatic carbocycles. The molecule has 0 aromatic carbocycles. The SMILES string of the molecule is O=C(O)CCN1CCCNC(=O)C1=O. The predicted molar refractivity (Wildman–Crippen MR) is 46.5 cm³/mol. The summed E-state index contributed by atoms with van der Waals surface area (Å²) in [7, 11) is 0. The van der Waals surface area contributed by atoms with E-state index in [9.17, 15) is 14.4 Å². The highest BCUT2D eigenvalue weighted by Gasteiger charge is 2.24. The number of nitrogens with one attached hydrogen (secondary N) is 1. The molecule has 1 aliphatic heterocycles. The van der Waals surface area contributed by atoms with Crippen LogP contribution in [0.1, 0.15) is 12.8 Å². The summed E-state index contributed by atoms with van der Waals surface area (Å²) in [6.07, 6.45) is 0.538. The van der Waals surface area contributed by atoms with E-state index in [0.717, 1.165) is 0 Å². The van der Waals surface area contributed by atoms with Crippen LogP contribution >= 0.6 is 0 Å². The summed E-state index contributed by atoms with van der Waals surface area (Å²) in [4.78, 5) is 33.9. The van der Waals surface area contributed by atoms with Crippen LogP contribution in [0.4, 0.5) is 0 Å². The lowest BCUT2D eigenvalue weighted by atomic mass is 10.3. The predicted octanol–water partition coefficient (Wildman–Crippen LogP) is -1.19. The number of carboxylic acid groups (broad SMARTS) is 1. The lowest BCUT2D eigenvalue weighted by Gasteiger charge is -2.17. The minimum absolute atomic E-state index is 0.0988. The van der Waals surface area contributed by atoms with Gasteiger partial charge < -0.3 is 15.3 Å². The van der Waals surface area contributed by atoms with E-state index in [1.807, 2.05) is 0 Å². The Morgan fingerprint density at radius 1 is 1.50 bits per heavy atom. The van der Waals surface area contributed by atoms with Gasteiger partial charge in [-0.25, -0.2) is 0 Å². The topological polar surface area (TPSA) is 86.7 Å². The molecule has 6 heteroatoms. The van der Waals surface area contributed by atoms with Crippen molar-refractivity contribution >= 4 is 17.8 Å². The van der Waals surface area contributed by atoms with Crippen molar-refractivity contribution in [2.45, 2.75) is 12.8 Å². The molecule has 0 atom stereocenters. The Morgan fingerprint density at radius 3 is 2.86 bits per heavy atom. The Morgan fingerprint density at radius 2 is 2.21 bits per heavy atom.